The molecule has 0 saturated heterocycles. The zero-order chi connectivity index (χ0) is 27.6. The number of aliphatic carboxylic acids is 3. The van der Waals surface area contributed by atoms with Crippen molar-refractivity contribution in [2.75, 3.05) is 26.2 Å². The first kappa shape index (κ1) is 35.1. The number of nitrogens with zero attached hydrogens (tertiary/aromatic N) is 1. The molecule has 0 rings (SSSR count). The van der Waals surface area contributed by atoms with Gasteiger partial charge in [0.1, 0.15) is 0 Å². The van der Waals surface area contributed by atoms with Crippen molar-refractivity contribution in [3.05, 3.63) is 12.7 Å². The predicted octanol–water partition coefficient (Wildman–Crippen LogP) is 7.44. The van der Waals surface area contributed by atoms with E-state index >= 15 is 0 Å². The van der Waals surface area contributed by atoms with Crippen LogP contribution in [0.1, 0.15) is 135 Å². The highest BCUT2D eigenvalue weighted by atomic mass is 16.4. The molecule has 37 heavy (non-hydrogen) atoms. The molecule has 0 bridgehead atoms. The Morgan fingerprint density at radius 3 is 1.03 bits per heavy atom. The summed E-state index contributed by atoms with van der Waals surface area (Å²) in [7, 11) is 0. The van der Waals surface area contributed by atoms with Crippen molar-refractivity contribution in [2.24, 2.45) is 0 Å². The van der Waals surface area contributed by atoms with E-state index in [2.05, 4.69) is 6.58 Å². The first-order chi connectivity index (χ1) is 17.8. The number of hydrogen-bond donors (Lipinski definition) is 3. The molecule has 0 saturated carbocycles. The maximum Gasteiger partial charge on any atom is 0.303 e. The molecule has 0 aromatic carbocycles. The second kappa shape index (κ2) is 24.4. The lowest BCUT2D eigenvalue weighted by Crippen LogP contribution is -2.51. The second-order valence-corrected chi connectivity index (χ2v) is 10.8. The maximum absolute atomic E-state index is 11.0. The molecule has 0 aromatic heterocycles. The molecule has 0 aromatic rings. The standard InChI is InChI=1S/C30H55NO6/c1-2-3-4-5-6-7-8-9-10-11-12-13-17-24-31(25-18-14-21-28(32)33,26-19-15-22-29(34)35)27-20-16-23-30(36)37/h2H,1,3-27H2,(H2-,32,33,34,35,36,37)/p+1. The fraction of sp³-hybridized carbons (Fsp3) is 0.833. The molecule has 0 atom stereocenters. The summed E-state index contributed by atoms with van der Waals surface area (Å²) in [5.41, 5.74) is 0. The fourth-order valence-corrected chi connectivity index (χ4v) is 5.17. The quantitative estimate of drug-likeness (QED) is 0.0530. The molecular formula is C30H56NO6+. The van der Waals surface area contributed by atoms with E-state index in [4.69, 9.17) is 15.3 Å². The smallest absolute Gasteiger partial charge is 0.303 e. The van der Waals surface area contributed by atoms with E-state index in [1.807, 2.05) is 6.08 Å². The highest BCUT2D eigenvalue weighted by Gasteiger charge is 2.26. The first-order valence-corrected chi connectivity index (χ1v) is 14.9. The lowest BCUT2D eigenvalue weighted by Gasteiger charge is -2.39. The van der Waals surface area contributed by atoms with Crippen LogP contribution in [0.4, 0.5) is 0 Å². The molecule has 0 radical (unpaired) electrons. The van der Waals surface area contributed by atoms with Gasteiger partial charge in [-0.3, -0.25) is 14.4 Å². The number of allylic oxidation sites excluding steroid dienone is 1. The number of unbranched alkanes of at least 4 members (excludes halogenated alkanes) is 14. The van der Waals surface area contributed by atoms with Crippen LogP contribution in [0.15, 0.2) is 12.7 Å². The van der Waals surface area contributed by atoms with Crippen molar-refractivity contribution in [3.8, 4) is 0 Å². The molecule has 0 heterocycles. The number of quaternary nitrogens is 1. The fourth-order valence-electron chi connectivity index (χ4n) is 5.17. The van der Waals surface area contributed by atoms with Crippen molar-refractivity contribution in [3.63, 3.8) is 0 Å². The topological polar surface area (TPSA) is 112 Å². The highest BCUT2D eigenvalue weighted by Crippen LogP contribution is 2.20. The van der Waals surface area contributed by atoms with Gasteiger partial charge in [0.25, 0.3) is 0 Å². The summed E-state index contributed by atoms with van der Waals surface area (Å²) < 4.78 is 0.866. The van der Waals surface area contributed by atoms with Gasteiger partial charge in [-0.05, 0) is 64.2 Å². The lowest BCUT2D eigenvalue weighted by atomic mass is 10.0. The molecular weight excluding hydrogens is 470 g/mol. The number of carbonyl (C=O) groups is 3. The highest BCUT2D eigenvalue weighted by molar-refractivity contribution is 5.67. The summed E-state index contributed by atoms with van der Waals surface area (Å²) >= 11 is 0. The SMILES string of the molecule is C=CCCCCCCCCCCCCC[N+](CCCCC(=O)O)(CCCCC(=O)O)CCCCC(=O)O. The largest absolute Gasteiger partial charge is 0.481 e. The van der Waals surface area contributed by atoms with Gasteiger partial charge in [-0.25, -0.2) is 0 Å². The van der Waals surface area contributed by atoms with Crippen molar-refractivity contribution in [1.82, 2.24) is 0 Å². The Morgan fingerprint density at radius 1 is 0.459 bits per heavy atom. The Hall–Kier alpha value is -1.89. The molecule has 3 N–H and O–H groups in total. The van der Waals surface area contributed by atoms with E-state index in [1.54, 1.807) is 0 Å². The summed E-state index contributed by atoms with van der Waals surface area (Å²) in [6.45, 7) is 7.45. The average molecular weight is 527 g/mol. The molecule has 0 aliphatic heterocycles. The van der Waals surface area contributed by atoms with Crippen LogP contribution in [0.5, 0.6) is 0 Å². The van der Waals surface area contributed by atoms with Crippen LogP contribution in [0.25, 0.3) is 0 Å². The summed E-state index contributed by atoms with van der Waals surface area (Å²) in [5, 5.41) is 27.0. The third-order valence-electron chi connectivity index (χ3n) is 7.36. The Bertz CT molecular complexity index is 552. The summed E-state index contributed by atoms with van der Waals surface area (Å²) in [6, 6.07) is 0. The van der Waals surface area contributed by atoms with Gasteiger partial charge in [0.2, 0.25) is 0 Å². The lowest BCUT2D eigenvalue weighted by molar-refractivity contribution is -0.929. The molecule has 0 amide bonds. The van der Waals surface area contributed by atoms with Gasteiger partial charge in [0.05, 0.1) is 26.2 Å². The molecule has 0 aliphatic carbocycles. The van der Waals surface area contributed by atoms with Gasteiger partial charge in [0, 0.05) is 19.3 Å². The van der Waals surface area contributed by atoms with Crippen LogP contribution in [0.3, 0.4) is 0 Å². The van der Waals surface area contributed by atoms with Crippen molar-refractivity contribution in [1.29, 1.82) is 0 Å². The minimum atomic E-state index is -0.770. The van der Waals surface area contributed by atoms with Crippen LogP contribution in [0, 0.1) is 0 Å². The summed E-state index contributed by atoms with van der Waals surface area (Å²) in [4.78, 5) is 32.9. The van der Waals surface area contributed by atoms with Gasteiger partial charge >= 0.3 is 17.9 Å². The van der Waals surface area contributed by atoms with Crippen molar-refractivity contribution >= 4 is 17.9 Å². The maximum atomic E-state index is 11.0. The van der Waals surface area contributed by atoms with E-state index < -0.39 is 17.9 Å². The number of carboxylic acid groups (broad SMARTS) is 3. The molecule has 0 fully saturated rings. The van der Waals surface area contributed by atoms with Crippen molar-refractivity contribution in [2.45, 2.75) is 135 Å². The Balaban J connectivity index is 4.56. The van der Waals surface area contributed by atoms with Crippen molar-refractivity contribution < 1.29 is 34.2 Å². The van der Waals surface area contributed by atoms with Crippen LogP contribution in [-0.4, -0.2) is 63.9 Å². The summed E-state index contributed by atoms with van der Waals surface area (Å²) in [5.74, 6) is -2.31. The molecule has 216 valence electrons. The zero-order valence-corrected chi connectivity index (χ0v) is 23.5. The van der Waals surface area contributed by atoms with Gasteiger partial charge in [-0.1, -0.05) is 57.4 Å². The van der Waals surface area contributed by atoms with Crippen LogP contribution in [0.2, 0.25) is 0 Å². The Morgan fingerprint density at radius 2 is 0.730 bits per heavy atom. The number of hydrogen-bond acceptors (Lipinski definition) is 3. The third-order valence-corrected chi connectivity index (χ3v) is 7.36. The Labute approximate surface area is 225 Å². The van der Waals surface area contributed by atoms with Crippen LogP contribution < -0.4 is 0 Å². The minimum absolute atomic E-state index is 0.173. The predicted molar refractivity (Wildman–Crippen MR) is 150 cm³/mol. The zero-order valence-electron chi connectivity index (χ0n) is 23.5. The Kier molecular flexibility index (Phi) is 23.2. The normalized spacial score (nSPS) is 11.5. The minimum Gasteiger partial charge on any atom is -0.481 e. The van der Waals surface area contributed by atoms with Gasteiger partial charge in [0.15, 0.2) is 0 Å². The average Bonchev–Trinajstić information content (AvgIpc) is 2.84. The number of carboxylic acids is 3. The molecule has 0 aliphatic rings. The first-order valence-electron chi connectivity index (χ1n) is 14.9. The number of rotatable bonds is 29. The summed E-state index contributed by atoms with van der Waals surface area (Å²) in [6.07, 6.45) is 22.1. The molecule has 0 unspecified atom stereocenters. The van der Waals surface area contributed by atoms with Crippen LogP contribution in [-0.2, 0) is 14.4 Å². The third kappa shape index (κ3) is 24.2. The van der Waals surface area contributed by atoms with E-state index in [0.717, 1.165) is 62.8 Å². The van der Waals surface area contributed by atoms with Gasteiger partial charge < -0.3 is 19.8 Å². The van der Waals surface area contributed by atoms with E-state index in [1.165, 1.54) is 64.2 Å². The molecule has 7 nitrogen and oxygen atoms in total. The molecule has 0 spiro atoms. The van der Waals surface area contributed by atoms with E-state index in [9.17, 15) is 14.4 Å². The van der Waals surface area contributed by atoms with E-state index in [-0.39, 0.29) is 19.3 Å². The van der Waals surface area contributed by atoms with Crippen LogP contribution >= 0.6 is 0 Å². The second-order valence-electron chi connectivity index (χ2n) is 10.8. The monoisotopic (exact) mass is 526 g/mol. The van der Waals surface area contributed by atoms with E-state index in [0.29, 0.717) is 19.3 Å². The van der Waals surface area contributed by atoms with Gasteiger partial charge in [-0.2, -0.15) is 0 Å². The molecule has 7 heteroatoms. The van der Waals surface area contributed by atoms with Gasteiger partial charge in [-0.15, -0.1) is 6.58 Å².